The first-order valence-corrected chi connectivity index (χ1v) is 3.59. The van der Waals surface area contributed by atoms with Crippen molar-refractivity contribution in [2.75, 3.05) is 0 Å². The normalized spacial score (nSPS) is 35.2. The molecule has 66 valence electrons. The predicted octanol–water partition coefficient (Wildman–Crippen LogP) is 3.08. The maximum absolute atomic E-state index is 12.6. The lowest BCUT2D eigenvalue weighted by atomic mass is 9.84. The first-order chi connectivity index (χ1) is 4.83. The van der Waals surface area contributed by atoms with Crippen LogP contribution in [-0.4, -0.2) is 11.8 Å². The molecule has 0 aromatic carbocycles. The van der Waals surface area contributed by atoms with Gasteiger partial charge in [-0.25, -0.2) is 17.6 Å². The Labute approximate surface area is 62.6 Å². The molecule has 1 atom stereocenters. The highest BCUT2D eigenvalue weighted by Gasteiger charge is 2.49. The van der Waals surface area contributed by atoms with Crippen molar-refractivity contribution in [1.29, 1.82) is 0 Å². The van der Waals surface area contributed by atoms with Gasteiger partial charge >= 0.3 is 0 Å². The van der Waals surface area contributed by atoms with Crippen LogP contribution in [0.1, 0.15) is 26.2 Å². The molecule has 0 aromatic heterocycles. The maximum Gasteiger partial charge on any atom is 0.251 e. The van der Waals surface area contributed by atoms with E-state index in [9.17, 15) is 17.6 Å². The molecule has 0 radical (unpaired) electrons. The van der Waals surface area contributed by atoms with Crippen molar-refractivity contribution in [2.45, 2.75) is 38.0 Å². The fraction of sp³-hybridized carbons (Fsp3) is 1.00. The Hall–Kier alpha value is -0.280. The third-order valence-electron chi connectivity index (χ3n) is 2.15. The number of alkyl halides is 4. The van der Waals surface area contributed by atoms with Gasteiger partial charge in [0.2, 0.25) is 5.92 Å². The fourth-order valence-corrected chi connectivity index (χ4v) is 1.30. The summed E-state index contributed by atoms with van der Waals surface area (Å²) < 4.78 is 50.1. The first kappa shape index (κ1) is 8.81. The standard InChI is InChI=1S/C7H10F4/c1-5-4-6(8,9)2-3-7(5,10)11/h5H,2-4H2,1H3. The van der Waals surface area contributed by atoms with Gasteiger partial charge in [0.15, 0.2) is 0 Å². The summed E-state index contributed by atoms with van der Waals surface area (Å²) >= 11 is 0. The van der Waals surface area contributed by atoms with Crippen LogP contribution in [0.3, 0.4) is 0 Å². The van der Waals surface area contributed by atoms with Crippen LogP contribution in [0.4, 0.5) is 17.6 Å². The highest BCUT2D eigenvalue weighted by Crippen LogP contribution is 2.44. The van der Waals surface area contributed by atoms with Crippen molar-refractivity contribution >= 4 is 0 Å². The zero-order valence-electron chi connectivity index (χ0n) is 6.21. The lowest BCUT2D eigenvalue weighted by Crippen LogP contribution is -2.38. The molecule has 1 saturated carbocycles. The molecule has 0 aliphatic heterocycles. The largest absolute Gasteiger partial charge is 0.251 e. The molecule has 1 fully saturated rings. The molecule has 0 bridgehead atoms. The lowest BCUT2D eigenvalue weighted by Gasteiger charge is -2.33. The Kier molecular flexibility index (Phi) is 1.89. The highest BCUT2D eigenvalue weighted by molar-refractivity contribution is 4.86. The van der Waals surface area contributed by atoms with Gasteiger partial charge < -0.3 is 0 Å². The second kappa shape index (κ2) is 2.35. The quantitative estimate of drug-likeness (QED) is 0.490. The zero-order chi connectivity index (χ0) is 8.70. The Morgan fingerprint density at radius 3 is 2.00 bits per heavy atom. The lowest BCUT2D eigenvalue weighted by molar-refractivity contribution is -0.156. The smallest absolute Gasteiger partial charge is 0.207 e. The summed E-state index contributed by atoms with van der Waals surface area (Å²) in [6.45, 7) is 1.17. The number of halogens is 4. The van der Waals surface area contributed by atoms with E-state index in [1.165, 1.54) is 6.92 Å². The van der Waals surface area contributed by atoms with Gasteiger partial charge in [-0.05, 0) is 0 Å². The molecule has 0 nitrogen and oxygen atoms in total. The number of hydrogen-bond acceptors (Lipinski definition) is 0. The summed E-state index contributed by atoms with van der Waals surface area (Å²) in [7, 11) is 0. The van der Waals surface area contributed by atoms with E-state index in [0.717, 1.165) is 0 Å². The molecule has 11 heavy (non-hydrogen) atoms. The summed E-state index contributed by atoms with van der Waals surface area (Å²) in [5, 5.41) is 0. The van der Waals surface area contributed by atoms with Gasteiger partial charge in [0, 0.05) is 25.2 Å². The first-order valence-electron chi connectivity index (χ1n) is 3.59. The monoisotopic (exact) mass is 170 g/mol. The highest BCUT2D eigenvalue weighted by atomic mass is 19.3. The summed E-state index contributed by atoms with van der Waals surface area (Å²) in [4.78, 5) is 0. The Balaban J connectivity index is 2.63. The summed E-state index contributed by atoms with van der Waals surface area (Å²) in [6, 6.07) is 0. The molecule has 4 heteroatoms. The van der Waals surface area contributed by atoms with Crippen molar-refractivity contribution < 1.29 is 17.6 Å². The Bertz CT molecular complexity index is 153. The van der Waals surface area contributed by atoms with Crippen LogP contribution in [0.2, 0.25) is 0 Å². The average Bonchev–Trinajstić information content (AvgIpc) is 1.81. The second-order valence-corrected chi connectivity index (χ2v) is 3.22. The molecule has 0 heterocycles. The SMILES string of the molecule is CC1CC(F)(F)CCC1(F)F. The summed E-state index contributed by atoms with van der Waals surface area (Å²) in [5.74, 6) is -6.95. The van der Waals surface area contributed by atoms with Gasteiger partial charge in [0.1, 0.15) is 0 Å². The number of hydrogen-bond donors (Lipinski definition) is 0. The van der Waals surface area contributed by atoms with E-state index < -0.39 is 37.0 Å². The van der Waals surface area contributed by atoms with E-state index in [-0.39, 0.29) is 0 Å². The van der Waals surface area contributed by atoms with Gasteiger partial charge in [0.05, 0.1) is 0 Å². The second-order valence-electron chi connectivity index (χ2n) is 3.22. The van der Waals surface area contributed by atoms with Crippen molar-refractivity contribution in [3.8, 4) is 0 Å². The van der Waals surface area contributed by atoms with Gasteiger partial charge in [-0.2, -0.15) is 0 Å². The zero-order valence-corrected chi connectivity index (χ0v) is 6.21. The molecule has 0 amide bonds. The van der Waals surface area contributed by atoms with Crippen LogP contribution in [-0.2, 0) is 0 Å². The summed E-state index contributed by atoms with van der Waals surface area (Å²) in [5.41, 5.74) is 0. The van der Waals surface area contributed by atoms with E-state index >= 15 is 0 Å². The van der Waals surface area contributed by atoms with Crippen LogP contribution >= 0.6 is 0 Å². The molecule has 0 N–H and O–H groups in total. The maximum atomic E-state index is 12.6. The number of rotatable bonds is 0. The molecule has 1 aliphatic carbocycles. The van der Waals surface area contributed by atoms with Crippen LogP contribution < -0.4 is 0 Å². The Morgan fingerprint density at radius 1 is 1.09 bits per heavy atom. The summed E-state index contributed by atoms with van der Waals surface area (Å²) in [6.07, 6.45) is -2.04. The van der Waals surface area contributed by atoms with E-state index in [4.69, 9.17) is 0 Å². The predicted molar refractivity (Wildman–Crippen MR) is 32.9 cm³/mol. The minimum atomic E-state index is -2.89. The van der Waals surface area contributed by atoms with E-state index in [1.54, 1.807) is 0 Å². The topological polar surface area (TPSA) is 0 Å². The van der Waals surface area contributed by atoms with Gasteiger partial charge in [0.25, 0.3) is 5.92 Å². The average molecular weight is 170 g/mol. The third kappa shape index (κ3) is 1.84. The van der Waals surface area contributed by atoms with E-state index in [0.29, 0.717) is 0 Å². The van der Waals surface area contributed by atoms with Crippen LogP contribution in [0.15, 0.2) is 0 Å². The van der Waals surface area contributed by atoms with Crippen molar-refractivity contribution in [2.24, 2.45) is 5.92 Å². The van der Waals surface area contributed by atoms with Crippen molar-refractivity contribution in [1.82, 2.24) is 0 Å². The van der Waals surface area contributed by atoms with Gasteiger partial charge in [-0.1, -0.05) is 6.92 Å². The van der Waals surface area contributed by atoms with Crippen molar-refractivity contribution in [3.05, 3.63) is 0 Å². The van der Waals surface area contributed by atoms with Gasteiger partial charge in [-0.3, -0.25) is 0 Å². The molecule has 0 aromatic rings. The van der Waals surface area contributed by atoms with E-state index in [2.05, 4.69) is 0 Å². The fourth-order valence-electron chi connectivity index (χ4n) is 1.30. The molecule has 1 unspecified atom stereocenters. The van der Waals surface area contributed by atoms with Crippen molar-refractivity contribution in [3.63, 3.8) is 0 Å². The van der Waals surface area contributed by atoms with E-state index in [1.807, 2.05) is 0 Å². The molecular weight excluding hydrogens is 160 g/mol. The Morgan fingerprint density at radius 2 is 1.64 bits per heavy atom. The molecule has 0 saturated heterocycles. The molecule has 0 spiro atoms. The third-order valence-corrected chi connectivity index (χ3v) is 2.15. The van der Waals surface area contributed by atoms with Gasteiger partial charge in [-0.15, -0.1) is 0 Å². The minimum absolute atomic E-state index is 0.676. The van der Waals surface area contributed by atoms with Crippen LogP contribution in [0.5, 0.6) is 0 Å². The molecular formula is C7H10F4. The van der Waals surface area contributed by atoms with Crippen LogP contribution in [0.25, 0.3) is 0 Å². The molecule has 1 rings (SSSR count). The molecule has 1 aliphatic rings. The van der Waals surface area contributed by atoms with Crippen LogP contribution in [0, 0.1) is 5.92 Å². The minimum Gasteiger partial charge on any atom is -0.207 e.